The number of aromatic nitrogens is 2. The topological polar surface area (TPSA) is 42.3 Å². The third kappa shape index (κ3) is 3.20. The molecule has 0 amide bonds. The number of aryl methyl sites for hydroxylation is 2. The van der Waals surface area contributed by atoms with Crippen molar-refractivity contribution in [3.8, 4) is 0 Å². The van der Waals surface area contributed by atoms with Gasteiger partial charge in [-0.2, -0.15) is 0 Å². The Labute approximate surface area is 103 Å². The summed E-state index contributed by atoms with van der Waals surface area (Å²) in [5.41, 5.74) is 1.05. The van der Waals surface area contributed by atoms with Gasteiger partial charge in [0.15, 0.2) is 0 Å². The standard InChI is InChI=1S/C12H22N4O/c1-4-16-8-10(2)14-12(16)13-7-11-9-15(3)5-6-17-11/h8,11H,4-7,9H2,1-3H3,(H,13,14). The Kier molecular flexibility index (Phi) is 4.02. The van der Waals surface area contributed by atoms with Crippen molar-refractivity contribution in [2.45, 2.75) is 26.5 Å². The van der Waals surface area contributed by atoms with Gasteiger partial charge < -0.3 is 19.5 Å². The third-order valence-electron chi connectivity index (χ3n) is 3.07. The zero-order valence-corrected chi connectivity index (χ0v) is 10.9. The van der Waals surface area contributed by atoms with Gasteiger partial charge in [0.1, 0.15) is 0 Å². The fraction of sp³-hybridized carbons (Fsp3) is 0.750. The van der Waals surface area contributed by atoms with Gasteiger partial charge in [-0.05, 0) is 20.9 Å². The first kappa shape index (κ1) is 12.4. The molecule has 1 fully saturated rings. The van der Waals surface area contributed by atoms with Crippen molar-refractivity contribution < 1.29 is 4.74 Å². The van der Waals surface area contributed by atoms with E-state index in [1.54, 1.807) is 0 Å². The molecule has 1 aromatic rings. The molecule has 5 heteroatoms. The van der Waals surface area contributed by atoms with Gasteiger partial charge in [-0.15, -0.1) is 0 Å². The molecule has 0 spiro atoms. The molecule has 2 heterocycles. The maximum Gasteiger partial charge on any atom is 0.203 e. The van der Waals surface area contributed by atoms with Gasteiger partial charge in [0.2, 0.25) is 5.95 Å². The molecule has 0 radical (unpaired) electrons. The maximum absolute atomic E-state index is 5.71. The van der Waals surface area contributed by atoms with Crippen LogP contribution in [0.2, 0.25) is 0 Å². The van der Waals surface area contributed by atoms with E-state index in [0.29, 0.717) is 0 Å². The van der Waals surface area contributed by atoms with Crippen LogP contribution < -0.4 is 5.32 Å². The van der Waals surface area contributed by atoms with E-state index in [0.717, 1.165) is 44.4 Å². The highest BCUT2D eigenvalue weighted by Crippen LogP contribution is 2.09. The highest BCUT2D eigenvalue weighted by molar-refractivity contribution is 5.28. The molecule has 17 heavy (non-hydrogen) atoms. The van der Waals surface area contributed by atoms with Crippen molar-refractivity contribution >= 4 is 5.95 Å². The van der Waals surface area contributed by atoms with Crippen molar-refractivity contribution in [2.24, 2.45) is 0 Å². The van der Waals surface area contributed by atoms with Crippen LogP contribution in [0.25, 0.3) is 0 Å². The van der Waals surface area contributed by atoms with Crippen LogP contribution in [-0.4, -0.2) is 53.8 Å². The molecule has 0 aromatic carbocycles. The third-order valence-corrected chi connectivity index (χ3v) is 3.07. The lowest BCUT2D eigenvalue weighted by Gasteiger charge is -2.30. The second kappa shape index (κ2) is 5.51. The Bertz CT molecular complexity index is 363. The van der Waals surface area contributed by atoms with Gasteiger partial charge in [-0.3, -0.25) is 0 Å². The molecule has 1 atom stereocenters. The minimum Gasteiger partial charge on any atom is -0.374 e. The number of morpholine rings is 1. The Morgan fingerprint density at radius 3 is 3.12 bits per heavy atom. The molecule has 1 unspecified atom stereocenters. The lowest BCUT2D eigenvalue weighted by molar-refractivity contribution is -0.0118. The van der Waals surface area contributed by atoms with Crippen LogP contribution >= 0.6 is 0 Å². The van der Waals surface area contributed by atoms with Crippen LogP contribution in [0, 0.1) is 6.92 Å². The van der Waals surface area contributed by atoms with E-state index in [2.05, 4.69) is 39.9 Å². The summed E-state index contributed by atoms with van der Waals surface area (Å²) in [6, 6.07) is 0. The summed E-state index contributed by atoms with van der Waals surface area (Å²) in [5, 5.41) is 3.38. The summed E-state index contributed by atoms with van der Waals surface area (Å²) in [6.07, 6.45) is 2.33. The number of rotatable bonds is 4. The summed E-state index contributed by atoms with van der Waals surface area (Å²) in [7, 11) is 2.13. The number of hydrogen-bond acceptors (Lipinski definition) is 4. The fourth-order valence-electron chi connectivity index (χ4n) is 2.12. The number of nitrogens with one attached hydrogen (secondary N) is 1. The van der Waals surface area contributed by atoms with E-state index in [1.165, 1.54) is 0 Å². The number of nitrogens with zero attached hydrogens (tertiary/aromatic N) is 3. The average molecular weight is 238 g/mol. The van der Waals surface area contributed by atoms with Crippen LogP contribution in [-0.2, 0) is 11.3 Å². The monoisotopic (exact) mass is 238 g/mol. The van der Waals surface area contributed by atoms with Crippen molar-refractivity contribution in [2.75, 3.05) is 38.6 Å². The summed E-state index contributed by atoms with van der Waals surface area (Å²) in [5.74, 6) is 0.946. The Hall–Kier alpha value is -1.07. The van der Waals surface area contributed by atoms with Crippen LogP contribution in [0.1, 0.15) is 12.6 Å². The average Bonchev–Trinajstić information content (AvgIpc) is 2.67. The lowest BCUT2D eigenvalue weighted by Crippen LogP contribution is -2.43. The maximum atomic E-state index is 5.71. The molecule has 1 aliphatic rings. The summed E-state index contributed by atoms with van der Waals surface area (Å²) >= 11 is 0. The highest BCUT2D eigenvalue weighted by Gasteiger charge is 2.17. The first-order valence-electron chi connectivity index (χ1n) is 6.27. The molecule has 2 rings (SSSR count). The van der Waals surface area contributed by atoms with E-state index in [-0.39, 0.29) is 6.10 Å². The predicted octanol–water partition coefficient (Wildman–Crippen LogP) is 0.954. The molecule has 0 aliphatic carbocycles. The van der Waals surface area contributed by atoms with E-state index in [9.17, 15) is 0 Å². The van der Waals surface area contributed by atoms with Crippen molar-refractivity contribution in [1.29, 1.82) is 0 Å². The molecule has 1 aromatic heterocycles. The Balaban J connectivity index is 1.88. The molecule has 96 valence electrons. The predicted molar refractivity (Wildman–Crippen MR) is 68.4 cm³/mol. The Morgan fingerprint density at radius 2 is 2.41 bits per heavy atom. The second-order valence-electron chi connectivity index (χ2n) is 4.63. The minimum atomic E-state index is 0.260. The number of likely N-dealkylation sites (N-methyl/N-ethyl adjacent to an activating group) is 1. The molecular formula is C12H22N4O. The van der Waals surface area contributed by atoms with E-state index >= 15 is 0 Å². The molecule has 0 saturated carbocycles. The molecule has 1 aliphatic heterocycles. The first-order chi connectivity index (χ1) is 8.19. The normalized spacial score (nSPS) is 21.7. The zero-order chi connectivity index (χ0) is 12.3. The minimum absolute atomic E-state index is 0.260. The molecular weight excluding hydrogens is 216 g/mol. The highest BCUT2D eigenvalue weighted by atomic mass is 16.5. The summed E-state index contributed by atoms with van der Waals surface area (Å²) in [6.45, 7) is 8.73. The van der Waals surface area contributed by atoms with Crippen LogP contribution in [0.3, 0.4) is 0 Å². The quantitative estimate of drug-likeness (QED) is 0.848. The smallest absolute Gasteiger partial charge is 0.203 e. The van der Waals surface area contributed by atoms with Crippen molar-refractivity contribution in [3.63, 3.8) is 0 Å². The summed E-state index contributed by atoms with van der Waals surface area (Å²) < 4.78 is 7.84. The number of ether oxygens (including phenoxy) is 1. The van der Waals surface area contributed by atoms with Gasteiger partial charge in [0.25, 0.3) is 0 Å². The van der Waals surface area contributed by atoms with Gasteiger partial charge in [0, 0.05) is 32.4 Å². The number of imidazole rings is 1. The Morgan fingerprint density at radius 1 is 1.59 bits per heavy atom. The van der Waals surface area contributed by atoms with Gasteiger partial charge >= 0.3 is 0 Å². The second-order valence-corrected chi connectivity index (χ2v) is 4.63. The van der Waals surface area contributed by atoms with Crippen LogP contribution in [0.4, 0.5) is 5.95 Å². The molecule has 1 N–H and O–H groups in total. The first-order valence-corrected chi connectivity index (χ1v) is 6.27. The van der Waals surface area contributed by atoms with Crippen LogP contribution in [0.15, 0.2) is 6.20 Å². The van der Waals surface area contributed by atoms with E-state index in [4.69, 9.17) is 4.74 Å². The fourth-order valence-corrected chi connectivity index (χ4v) is 2.12. The largest absolute Gasteiger partial charge is 0.374 e. The van der Waals surface area contributed by atoms with Crippen molar-refractivity contribution in [1.82, 2.24) is 14.5 Å². The van der Waals surface area contributed by atoms with E-state index in [1.807, 2.05) is 6.92 Å². The molecule has 1 saturated heterocycles. The number of anilines is 1. The van der Waals surface area contributed by atoms with Gasteiger partial charge in [0.05, 0.1) is 18.4 Å². The SMILES string of the molecule is CCn1cc(C)nc1NCC1CN(C)CCO1. The number of hydrogen-bond donors (Lipinski definition) is 1. The van der Waals surface area contributed by atoms with Gasteiger partial charge in [-0.1, -0.05) is 0 Å². The van der Waals surface area contributed by atoms with E-state index < -0.39 is 0 Å². The van der Waals surface area contributed by atoms with Crippen molar-refractivity contribution in [3.05, 3.63) is 11.9 Å². The molecule has 5 nitrogen and oxygen atoms in total. The summed E-state index contributed by atoms with van der Waals surface area (Å²) in [4.78, 5) is 6.77. The zero-order valence-electron chi connectivity index (χ0n) is 10.9. The van der Waals surface area contributed by atoms with Gasteiger partial charge in [-0.25, -0.2) is 4.98 Å². The van der Waals surface area contributed by atoms with Crippen LogP contribution in [0.5, 0.6) is 0 Å². The molecule has 0 bridgehead atoms. The lowest BCUT2D eigenvalue weighted by atomic mass is 10.3.